The fourth-order valence-electron chi connectivity index (χ4n) is 2.37. The molecule has 88 valence electrons. The smallest absolute Gasteiger partial charge is 0.303 e. The molecular weight excluding hydrogens is 214 g/mol. The zero-order valence-corrected chi connectivity index (χ0v) is 9.60. The molecule has 3 rings (SSSR count). The van der Waals surface area contributed by atoms with Gasteiger partial charge in [0.1, 0.15) is 0 Å². The molecule has 2 aromatic rings. The summed E-state index contributed by atoms with van der Waals surface area (Å²) in [5, 5.41) is 9.98. The number of fused-ring (bicyclic) bond motifs is 1. The van der Waals surface area contributed by atoms with E-state index in [1.807, 2.05) is 12.1 Å². The first-order chi connectivity index (χ1) is 8.25. The third kappa shape index (κ3) is 1.93. The highest BCUT2D eigenvalue weighted by molar-refractivity contribution is 5.84. The number of benzene rings is 1. The number of aromatic nitrogens is 1. The molecule has 1 aliphatic carbocycles. The molecule has 0 spiro atoms. The second kappa shape index (κ2) is 3.91. The number of nitrogens with zero attached hydrogens (tertiary/aromatic N) is 1. The monoisotopic (exact) mass is 229 g/mol. The number of rotatable bonds is 4. The highest BCUT2D eigenvalue weighted by Gasteiger charge is 2.25. The van der Waals surface area contributed by atoms with Crippen molar-refractivity contribution in [3.8, 4) is 0 Å². The molecule has 0 aliphatic heterocycles. The zero-order chi connectivity index (χ0) is 11.8. The van der Waals surface area contributed by atoms with Crippen molar-refractivity contribution in [2.75, 3.05) is 0 Å². The number of hydrogen-bond donors (Lipinski definition) is 1. The van der Waals surface area contributed by atoms with Crippen LogP contribution in [0.3, 0.4) is 0 Å². The summed E-state index contributed by atoms with van der Waals surface area (Å²) in [6.45, 7) is 0. The first kappa shape index (κ1) is 10.4. The lowest BCUT2D eigenvalue weighted by Crippen LogP contribution is -1.97. The Morgan fingerprint density at radius 1 is 1.35 bits per heavy atom. The molecule has 0 bridgehead atoms. The van der Waals surface area contributed by atoms with E-state index < -0.39 is 5.97 Å². The Morgan fingerprint density at radius 3 is 2.82 bits per heavy atom. The van der Waals surface area contributed by atoms with Gasteiger partial charge in [0, 0.05) is 29.6 Å². The van der Waals surface area contributed by atoms with Crippen LogP contribution in [0, 0.1) is 0 Å². The lowest BCUT2D eigenvalue weighted by Gasteiger charge is -2.00. The lowest BCUT2D eigenvalue weighted by molar-refractivity contribution is -0.136. The Hall–Kier alpha value is -1.77. The van der Waals surface area contributed by atoms with Crippen LogP contribution in [0.5, 0.6) is 0 Å². The average Bonchev–Trinajstić information content (AvgIpc) is 3.09. The molecule has 1 N–H and O–H groups in total. The molecule has 17 heavy (non-hydrogen) atoms. The number of hydrogen-bond acceptors (Lipinski definition) is 1. The molecule has 3 heteroatoms. The predicted octanol–water partition coefficient (Wildman–Crippen LogP) is 2.99. The fourth-order valence-corrected chi connectivity index (χ4v) is 2.37. The van der Waals surface area contributed by atoms with Gasteiger partial charge in [-0.3, -0.25) is 4.79 Å². The van der Waals surface area contributed by atoms with Gasteiger partial charge in [-0.1, -0.05) is 18.2 Å². The van der Waals surface area contributed by atoms with E-state index in [1.165, 1.54) is 23.7 Å². The van der Waals surface area contributed by atoms with Crippen LogP contribution in [0.2, 0.25) is 0 Å². The van der Waals surface area contributed by atoms with Crippen LogP contribution in [0.4, 0.5) is 0 Å². The Morgan fingerprint density at radius 2 is 2.12 bits per heavy atom. The van der Waals surface area contributed by atoms with E-state index in [9.17, 15) is 4.79 Å². The molecule has 0 unspecified atom stereocenters. The average molecular weight is 229 g/mol. The van der Waals surface area contributed by atoms with Gasteiger partial charge in [0.05, 0.1) is 0 Å². The molecule has 3 nitrogen and oxygen atoms in total. The molecular formula is C14H15NO2. The molecule has 1 aliphatic rings. The van der Waals surface area contributed by atoms with E-state index in [0.29, 0.717) is 12.5 Å². The van der Waals surface area contributed by atoms with Gasteiger partial charge in [0.2, 0.25) is 0 Å². The second-order valence-electron chi connectivity index (χ2n) is 4.70. The predicted molar refractivity (Wildman–Crippen MR) is 66.2 cm³/mol. The lowest BCUT2D eigenvalue weighted by atomic mass is 10.1. The number of carbonyl (C=O) groups is 1. The van der Waals surface area contributed by atoms with Crippen LogP contribution < -0.4 is 0 Å². The van der Waals surface area contributed by atoms with E-state index >= 15 is 0 Å². The molecule has 1 heterocycles. The number of para-hydroxylation sites is 1. The van der Waals surface area contributed by atoms with Gasteiger partial charge in [0.25, 0.3) is 0 Å². The van der Waals surface area contributed by atoms with Crippen molar-refractivity contribution in [1.29, 1.82) is 0 Å². The van der Waals surface area contributed by atoms with Gasteiger partial charge in [0.15, 0.2) is 0 Å². The van der Waals surface area contributed by atoms with E-state index in [-0.39, 0.29) is 6.42 Å². The number of aliphatic carboxylic acids is 1. The first-order valence-corrected chi connectivity index (χ1v) is 6.06. The maximum Gasteiger partial charge on any atom is 0.303 e. The first-order valence-electron chi connectivity index (χ1n) is 6.06. The van der Waals surface area contributed by atoms with Gasteiger partial charge in [-0.15, -0.1) is 0 Å². The van der Waals surface area contributed by atoms with Gasteiger partial charge in [-0.05, 0) is 30.9 Å². The quantitative estimate of drug-likeness (QED) is 0.875. The highest BCUT2D eigenvalue weighted by atomic mass is 16.4. The summed E-state index contributed by atoms with van der Waals surface area (Å²) in [4.78, 5) is 10.7. The summed E-state index contributed by atoms with van der Waals surface area (Å²) < 4.78 is 2.31. The van der Waals surface area contributed by atoms with Crippen LogP contribution in [0.25, 0.3) is 10.9 Å². The van der Waals surface area contributed by atoms with E-state index in [1.54, 1.807) is 0 Å². The topological polar surface area (TPSA) is 42.2 Å². The van der Waals surface area contributed by atoms with Crippen molar-refractivity contribution in [2.45, 2.75) is 31.7 Å². The maximum atomic E-state index is 10.7. The largest absolute Gasteiger partial charge is 0.481 e. The second-order valence-corrected chi connectivity index (χ2v) is 4.70. The van der Waals surface area contributed by atoms with Crippen molar-refractivity contribution >= 4 is 16.9 Å². The number of carboxylic acid groups (broad SMARTS) is 1. The third-order valence-electron chi connectivity index (χ3n) is 3.37. The minimum absolute atomic E-state index is 0.207. The molecule has 1 aromatic heterocycles. The normalized spacial score (nSPS) is 15.3. The minimum Gasteiger partial charge on any atom is -0.481 e. The molecule has 1 aromatic carbocycles. The summed E-state index contributed by atoms with van der Waals surface area (Å²) in [6.07, 6.45) is 5.47. The standard InChI is InChI=1S/C14H15NO2/c16-14(17)8-5-10-9-15(11-6-7-11)13-4-2-1-3-12(10)13/h1-4,9,11H,5-8H2,(H,16,17). The Labute approximate surface area is 99.7 Å². The van der Waals surface area contributed by atoms with Crippen molar-refractivity contribution in [3.05, 3.63) is 36.0 Å². The van der Waals surface area contributed by atoms with Crippen LogP contribution in [0.1, 0.15) is 30.9 Å². The highest BCUT2D eigenvalue weighted by Crippen LogP contribution is 2.39. The van der Waals surface area contributed by atoms with Crippen molar-refractivity contribution < 1.29 is 9.90 Å². The van der Waals surface area contributed by atoms with Crippen LogP contribution in [0.15, 0.2) is 30.5 Å². The Kier molecular flexibility index (Phi) is 2.39. The van der Waals surface area contributed by atoms with E-state index in [0.717, 1.165) is 5.56 Å². The molecule has 0 saturated heterocycles. The van der Waals surface area contributed by atoms with E-state index in [4.69, 9.17) is 5.11 Å². The summed E-state index contributed by atoms with van der Waals surface area (Å²) in [7, 11) is 0. The zero-order valence-electron chi connectivity index (χ0n) is 9.60. The third-order valence-corrected chi connectivity index (χ3v) is 3.37. The van der Waals surface area contributed by atoms with Gasteiger partial charge in [-0.25, -0.2) is 0 Å². The van der Waals surface area contributed by atoms with Crippen LogP contribution >= 0.6 is 0 Å². The molecule has 0 atom stereocenters. The number of carboxylic acids is 1. The summed E-state index contributed by atoms with van der Waals surface area (Å²) in [6, 6.07) is 8.91. The van der Waals surface area contributed by atoms with Crippen molar-refractivity contribution in [2.24, 2.45) is 0 Å². The number of aryl methyl sites for hydroxylation is 1. The molecule has 1 fully saturated rings. The molecule has 1 saturated carbocycles. The van der Waals surface area contributed by atoms with Crippen LogP contribution in [-0.4, -0.2) is 15.6 Å². The Balaban J connectivity index is 2.02. The van der Waals surface area contributed by atoms with Gasteiger partial charge >= 0.3 is 5.97 Å². The Bertz CT molecular complexity index is 567. The maximum absolute atomic E-state index is 10.7. The SMILES string of the molecule is O=C(O)CCc1cn(C2CC2)c2ccccc12. The van der Waals surface area contributed by atoms with Crippen LogP contribution in [-0.2, 0) is 11.2 Å². The van der Waals surface area contributed by atoms with E-state index in [2.05, 4.69) is 22.9 Å². The van der Waals surface area contributed by atoms with Crippen molar-refractivity contribution in [3.63, 3.8) is 0 Å². The summed E-state index contributed by atoms with van der Waals surface area (Å²) in [5.41, 5.74) is 2.41. The van der Waals surface area contributed by atoms with Gasteiger partial charge < -0.3 is 9.67 Å². The van der Waals surface area contributed by atoms with Gasteiger partial charge in [-0.2, -0.15) is 0 Å². The molecule has 0 amide bonds. The molecule has 0 radical (unpaired) electrons. The summed E-state index contributed by atoms with van der Waals surface area (Å²) in [5.74, 6) is -0.728. The summed E-state index contributed by atoms with van der Waals surface area (Å²) >= 11 is 0. The van der Waals surface area contributed by atoms with Crippen molar-refractivity contribution in [1.82, 2.24) is 4.57 Å². The fraction of sp³-hybridized carbons (Fsp3) is 0.357. The minimum atomic E-state index is -0.728.